The maximum atomic E-state index is 12.6. The Morgan fingerprint density at radius 2 is 1.81 bits per heavy atom. The van der Waals surface area contributed by atoms with E-state index in [4.69, 9.17) is 32.6 Å². The Morgan fingerprint density at radius 3 is 2.54 bits per heavy atom. The van der Waals surface area contributed by atoms with Gasteiger partial charge in [-0.15, -0.1) is 0 Å². The fourth-order valence-corrected chi connectivity index (χ4v) is 5.30. The van der Waals surface area contributed by atoms with E-state index in [1.54, 1.807) is 6.20 Å². The number of fused-ring (bicyclic) bond motifs is 1. The molecule has 190 valence electrons. The van der Waals surface area contributed by atoms with E-state index < -0.39 is 0 Å². The number of carbonyl (C=O) groups is 1. The average Bonchev–Trinajstić information content (AvgIpc) is 3.32. The van der Waals surface area contributed by atoms with Gasteiger partial charge in [-0.3, -0.25) is 19.7 Å². The molecule has 0 spiro atoms. The first-order valence-corrected chi connectivity index (χ1v) is 13.0. The summed E-state index contributed by atoms with van der Waals surface area (Å²) in [6.45, 7) is 3.58. The van der Waals surface area contributed by atoms with Gasteiger partial charge in [-0.1, -0.05) is 53.5 Å². The standard InChI is InChI=1S/C28H27Cl2N5O2/c1-18-12-33-25(37-18)17-35(24-6-2-4-21-5-3-11-32-27(21)24)16-20-9-7-19(8-10-20)13-34-28(36)26-22(29)14-31-15-23(26)30/h3,5,7-12,14-15,24H,2,4,6,13,16-17H2,1H3,(H,34,36). The number of nitrogens with one attached hydrogen (secondary N) is 1. The first kappa shape index (κ1) is 25.4. The Kier molecular flexibility index (Phi) is 7.84. The number of aromatic nitrogens is 3. The van der Waals surface area contributed by atoms with E-state index >= 15 is 0 Å². The summed E-state index contributed by atoms with van der Waals surface area (Å²) in [5.41, 5.74) is 4.81. The van der Waals surface area contributed by atoms with Crippen LogP contribution in [0.4, 0.5) is 0 Å². The van der Waals surface area contributed by atoms with Crippen molar-refractivity contribution in [3.8, 4) is 0 Å². The summed E-state index contributed by atoms with van der Waals surface area (Å²) in [5.74, 6) is 1.17. The Balaban J connectivity index is 1.30. The second-order valence-corrected chi connectivity index (χ2v) is 10.0. The van der Waals surface area contributed by atoms with Crippen LogP contribution in [-0.4, -0.2) is 25.8 Å². The third kappa shape index (κ3) is 6.01. The zero-order valence-corrected chi connectivity index (χ0v) is 22.0. The Bertz CT molecular complexity index is 1370. The Hall–Kier alpha value is -3.26. The van der Waals surface area contributed by atoms with Crippen molar-refractivity contribution in [1.29, 1.82) is 0 Å². The molecular weight excluding hydrogens is 509 g/mol. The largest absolute Gasteiger partial charge is 0.445 e. The van der Waals surface area contributed by atoms with Gasteiger partial charge in [0.1, 0.15) is 5.76 Å². The third-order valence-corrected chi connectivity index (χ3v) is 7.13. The predicted molar refractivity (Wildman–Crippen MR) is 142 cm³/mol. The molecule has 1 unspecified atom stereocenters. The van der Waals surface area contributed by atoms with E-state index in [1.165, 1.54) is 18.0 Å². The van der Waals surface area contributed by atoms with Gasteiger partial charge in [-0.2, -0.15) is 0 Å². The van der Waals surface area contributed by atoms with Gasteiger partial charge in [-0.25, -0.2) is 4.98 Å². The van der Waals surface area contributed by atoms with Crippen LogP contribution in [0.5, 0.6) is 0 Å². The molecule has 1 N–H and O–H groups in total. The maximum absolute atomic E-state index is 12.6. The molecule has 9 heteroatoms. The molecule has 0 aliphatic heterocycles. The van der Waals surface area contributed by atoms with Gasteiger partial charge in [0.25, 0.3) is 5.91 Å². The van der Waals surface area contributed by atoms with Crippen LogP contribution in [-0.2, 0) is 26.1 Å². The van der Waals surface area contributed by atoms with Gasteiger partial charge in [0.05, 0.1) is 40.1 Å². The molecule has 1 aliphatic carbocycles. The lowest BCUT2D eigenvalue weighted by atomic mass is 9.90. The van der Waals surface area contributed by atoms with Gasteiger partial charge < -0.3 is 9.73 Å². The van der Waals surface area contributed by atoms with Crippen LogP contribution < -0.4 is 5.32 Å². The van der Waals surface area contributed by atoms with Gasteiger partial charge in [-0.05, 0) is 48.9 Å². The second-order valence-electron chi connectivity index (χ2n) is 9.20. The molecule has 1 aliphatic rings. The summed E-state index contributed by atoms with van der Waals surface area (Å²) in [5, 5.41) is 3.33. The molecule has 1 amide bonds. The van der Waals surface area contributed by atoms with Crippen molar-refractivity contribution in [2.24, 2.45) is 0 Å². The number of nitrogens with zero attached hydrogens (tertiary/aromatic N) is 4. The Morgan fingerprint density at radius 1 is 1.05 bits per heavy atom. The zero-order chi connectivity index (χ0) is 25.8. The fourth-order valence-electron chi connectivity index (χ4n) is 4.76. The quantitative estimate of drug-likeness (QED) is 0.294. The highest BCUT2D eigenvalue weighted by molar-refractivity contribution is 6.39. The monoisotopic (exact) mass is 535 g/mol. The number of benzene rings is 1. The fraction of sp³-hybridized carbons (Fsp3) is 0.286. The molecule has 3 aromatic heterocycles. The molecule has 7 nitrogen and oxygen atoms in total. The smallest absolute Gasteiger partial charge is 0.254 e. The van der Waals surface area contributed by atoms with Crippen LogP contribution in [0.15, 0.2) is 65.6 Å². The zero-order valence-electron chi connectivity index (χ0n) is 20.5. The summed E-state index contributed by atoms with van der Waals surface area (Å²) in [7, 11) is 0. The number of carbonyl (C=O) groups excluding carboxylic acids is 1. The lowest BCUT2D eigenvalue weighted by Gasteiger charge is -2.34. The molecule has 37 heavy (non-hydrogen) atoms. The van der Waals surface area contributed by atoms with Crippen molar-refractivity contribution in [3.05, 3.63) is 111 Å². The molecule has 1 aromatic carbocycles. The number of pyridine rings is 2. The summed E-state index contributed by atoms with van der Waals surface area (Å²) in [6, 6.07) is 12.6. The predicted octanol–water partition coefficient (Wildman–Crippen LogP) is 6.09. The summed E-state index contributed by atoms with van der Waals surface area (Å²) in [4.78, 5) is 28.1. The van der Waals surface area contributed by atoms with Crippen LogP contribution in [0, 0.1) is 6.92 Å². The van der Waals surface area contributed by atoms with Gasteiger partial charge in [0.2, 0.25) is 5.89 Å². The average molecular weight is 536 g/mol. The van der Waals surface area contributed by atoms with Gasteiger partial charge in [0, 0.05) is 31.7 Å². The van der Waals surface area contributed by atoms with Crippen LogP contribution in [0.2, 0.25) is 10.0 Å². The topological polar surface area (TPSA) is 84.2 Å². The van der Waals surface area contributed by atoms with Crippen LogP contribution in [0.1, 0.15) is 63.3 Å². The van der Waals surface area contributed by atoms with Gasteiger partial charge >= 0.3 is 0 Å². The summed E-state index contributed by atoms with van der Waals surface area (Å²) < 4.78 is 5.82. The number of rotatable bonds is 8. The molecule has 4 aromatic rings. The molecule has 0 saturated heterocycles. The maximum Gasteiger partial charge on any atom is 0.254 e. The number of hydrogen-bond acceptors (Lipinski definition) is 6. The lowest BCUT2D eigenvalue weighted by Crippen LogP contribution is -2.31. The minimum absolute atomic E-state index is 0.186. The number of halogens is 2. The summed E-state index contributed by atoms with van der Waals surface area (Å²) in [6.07, 6.45) is 9.66. The van der Waals surface area contributed by atoms with Crippen LogP contribution >= 0.6 is 23.2 Å². The molecule has 3 heterocycles. The van der Waals surface area contributed by atoms with Crippen molar-refractivity contribution < 1.29 is 9.21 Å². The minimum atomic E-state index is -0.336. The normalized spacial score (nSPS) is 15.0. The molecule has 0 fully saturated rings. The van der Waals surface area contributed by atoms with Crippen molar-refractivity contribution in [2.75, 3.05) is 0 Å². The van der Waals surface area contributed by atoms with E-state index in [1.807, 2.05) is 31.3 Å². The molecule has 0 radical (unpaired) electrons. The van der Waals surface area contributed by atoms with E-state index in [0.29, 0.717) is 19.0 Å². The summed E-state index contributed by atoms with van der Waals surface area (Å²) >= 11 is 12.2. The van der Waals surface area contributed by atoms with E-state index in [0.717, 1.165) is 48.4 Å². The Labute approximate surface area is 225 Å². The lowest BCUT2D eigenvalue weighted by molar-refractivity contribution is 0.0951. The van der Waals surface area contributed by atoms with Crippen molar-refractivity contribution in [1.82, 2.24) is 25.2 Å². The number of oxazole rings is 1. The van der Waals surface area contributed by atoms with Crippen molar-refractivity contribution >= 4 is 29.1 Å². The molecule has 1 atom stereocenters. The third-order valence-electron chi connectivity index (χ3n) is 6.56. The van der Waals surface area contributed by atoms with Crippen molar-refractivity contribution in [3.63, 3.8) is 0 Å². The van der Waals surface area contributed by atoms with Crippen molar-refractivity contribution in [2.45, 2.75) is 51.9 Å². The van der Waals surface area contributed by atoms with E-state index in [9.17, 15) is 4.79 Å². The molecule has 5 rings (SSSR count). The number of aryl methyl sites for hydroxylation is 2. The van der Waals surface area contributed by atoms with Crippen LogP contribution in [0.25, 0.3) is 0 Å². The number of amides is 1. The van der Waals surface area contributed by atoms with Gasteiger partial charge in [0.15, 0.2) is 0 Å². The molecular formula is C28H27Cl2N5O2. The van der Waals surface area contributed by atoms with E-state index in [-0.39, 0.29) is 27.6 Å². The highest BCUT2D eigenvalue weighted by atomic mass is 35.5. The highest BCUT2D eigenvalue weighted by Crippen LogP contribution is 2.34. The highest BCUT2D eigenvalue weighted by Gasteiger charge is 2.28. The first-order valence-electron chi connectivity index (χ1n) is 12.2. The molecule has 0 bridgehead atoms. The second kappa shape index (κ2) is 11.4. The SMILES string of the molecule is Cc1cnc(CN(Cc2ccc(CNC(=O)c3c(Cl)cncc3Cl)cc2)C2CCCc3cccnc32)o1. The van der Waals surface area contributed by atoms with E-state index in [2.05, 4.69) is 38.4 Å². The number of hydrogen-bond donors (Lipinski definition) is 1. The minimum Gasteiger partial charge on any atom is -0.445 e. The molecule has 0 saturated carbocycles. The van der Waals surface area contributed by atoms with Crippen LogP contribution in [0.3, 0.4) is 0 Å². The first-order chi connectivity index (χ1) is 18.0.